The maximum atomic E-state index is 12.1. The molecule has 116 valence electrons. The predicted octanol–water partition coefficient (Wildman–Crippen LogP) is 1.88. The molecular weight excluding hydrogens is 284 g/mol. The standard InChI is InChI=1S/C16H18N2O4/c1-10(11-4-6-13(21-2)14(8-11)22-3)18-16(20)12-5-7-15(19)17-9-12/h4-10H,1-3H3,(H,17,19)(H,18,20)/t10-/m0/s1. The van der Waals surface area contributed by atoms with Crippen molar-refractivity contribution in [2.45, 2.75) is 13.0 Å². The number of H-pyrrole nitrogens is 1. The van der Waals surface area contributed by atoms with Crippen molar-refractivity contribution in [1.82, 2.24) is 10.3 Å². The Morgan fingerprint density at radius 3 is 2.45 bits per heavy atom. The molecule has 1 aromatic heterocycles. The largest absolute Gasteiger partial charge is 0.493 e. The fraction of sp³-hybridized carbons (Fsp3) is 0.250. The summed E-state index contributed by atoms with van der Waals surface area (Å²) < 4.78 is 10.4. The Hall–Kier alpha value is -2.76. The smallest absolute Gasteiger partial charge is 0.253 e. The Bertz CT molecular complexity index is 704. The highest BCUT2D eigenvalue weighted by molar-refractivity contribution is 5.94. The van der Waals surface area contributed by atoms with Gasteiger partial charge in [-0.05, 0) is 30.7 Å². The minimum absolute atomic E-state index is 0.223. The molecule has 0 aliphatic rings. The van der Waals surface area contributed by atoms with E-state index in [9.17, 15) is 9.59 Å². The summed E-state index contributed by atoms with van der Waals surface area (Å²) in [6.07, 6.45) is 1.39. The highest BCUT2D eigenvalue weighted by atomic mass is 16.5. The highest BCUT2D eigenvalue weighted by Crippen LogP contribution is 2.29. The summed E-state index contributed by atoms with van der Waals surface area (Å²) in [4.78, 5) is 25.6. The first kappa shape index (κ1) is 15.6. The number of hydrogen-bond donors (Lipinski definition) is 2. The van der Waals surface area contributed by atoms with Gasteiger partial charge in [-0.25, -0.2) is 0 Å². The molecule has 0 bridgehead atoms. The molecule has 0 aliphatic heterocycles. The van der Waals surface area contributed by atoms with Gasteiger partial charge in [0.15, 0.2) is 11.5 Å². The van der Waals surface area contributed by atoms with Crippen LogP contribution in [0.5, 0.6) is 11.5 Å². The lowest BCUT2D eigenvalue weighted by atomic mass is 10.1. The normalized spacial score (nSPS) is 11.6. The third-order valence-electron chi connectivity index (χ3n) is 3.30. The van der Waals surface area contributed by atoms with E-state index in [2.05, 4.69) is 10.3 Å². The van der Waals surface area contributed by atoms with E-state index in [1.807, 2.05) is 19.1 Å². The van der Waals surface area contributed by atoms with E-state index in [0.717, 1.165) is 5.56 Å². The number of hydrogen-bond acceptors (Lipinski definition) is 4. The molecule has 2 rings (SSSR count). The molecule has 0 aliphatic carbocycles. The summed E-state index contributed by atoms with van der Waals surface area (Å²) in [7, 11) is 3.13. The van der Waals surface area contributed by atoms with Crippen LogP contribution in [0.2, 0.25) is 0 Å². The maximum absolute atomic E-state index is 12.1. The molecular formula is C16H18N2O4. The molecule has 6 nitrogen and oxygen atoms in total. The van der Waals surface area contributed by atoms with Crippen molar-refractivity contribution in [2.75, 3.05) is 14.2 Å². The van der Waals surface area contributed by atoms with Gasteiger partial charge in [0, 0.05) is 12.3 Å². The van der Waals surface area contributed by atoms with Crippen molar-refractivity contribution < 1.29 is 14.3 Å². The second-order valence-electron chi connectivity index (χ2n) is 4.75. The third-order valence-corrected chi connectivity index (χ3v) is 3.30. The topological polar surface area (TPSA) is 80.4 Å². The van der Waals surface area contributed by atoms with E-state index in [1.54, 1.807) is 20.3 Å². The predicted molar refractivity (Wildman–Crippen MR) is 82.5 cm³/mol. The van der Waals surface area contributed by atoms with Gasteiger partial charge in [-0.1, -0.05) is 6.07 Å². The van der Waals surface area contributed by atoms with Gasteiger partial charge in [-0.15, -0.1) is 0 Å². The van der Waals surface area contributed by atoms with Crippen LogP contribution in [0, 0.1) is 0 Å². The molecule has 1 heterocycles. The van der Waals surface area contributed by atoms with Crippen molar-refractivity contribution in [1.29, 1.82) is 0 Å². The van der Waals surface area contributed by atoms with Crippen LogP contribution in [0.25, 0.3) is 0 Å². The first-order valence-corrected chi connectivity index (χ1v) is 6.76. The number of ether oxygens (including phenoxy) is 2. The van der Waals surface area contributed by atoms with E-state index in [0.29, 0.717) is 17.1 Å². The Morgan fingerprint density at radius 2 is 1.86 bits per heavy atom. The summed E-state index contributed by atoms with van der Waals surface area (Å²) >= 11 is 0. The van der Waals surface area contributed by atoms with Gasteiger partial charge in [0.1, 0.15) is 0 Å². The minimum atomic E-state index is -0.265. The number of benzene rings is 1. The van der Waals surface area contributed by atoms with E-state index < -0.39 is 0 Å². The van der Waals surface area contributed by atoms with E-state index >= 15 is 0 Å². The Kier molecular flexibility index (Phi) is 4.83. The number of methoxy groups -OCH3 is 2. The molecule has 0 unspecified atom stereocenters. The van der Waals surface area contributed by atoms with Gasteiger partial charge in [0.2, 0.25) is 5.56 Å². The SMILES string of the molecule is COc1ccc([C@H](C)NC(=O)c2ccc(=O)[nH]c2)cc1OC. The van der Waals surface area contributed by atoms with Crippen molar-refractivity contribution in [3.05, 3.63) is 58.0 Å². The fourth-order valence-corrected chi connectivity index (χ4v) is 2.04. The average Bonchev–Trinajstić information content (AvgIpc) is 2.54. The average molecular weight is 302 g/mol. The second-order valence-corrected chi connectivity index (χ2v) is 4.75. The molecule has 2 N–H and O–H groups in total. The summed E-state index contributed by atoms with van der Waals surface area (Å²) in [5, 5.41) is 2.86. The van der Waals surface area contributed by atoms with E-state index in [-0.39, 0.29) is 17.5 Å². The molecule has 1 amide bonds. The molecule has 1 aromatic carbocycles. The number of rotatable bonds is 5. The van der Waals surface area contributed by atoms with Crippen LogP contribution in [0.15, 0.2) is 41.3 Å². The van der Waals surface area contributed by atoms with Gasteiger partial charge in [-0.3, -0.25) is 9.59 Å². The van der Waals surface area contributed by atoms with Crippen LogP contribution in [-0.2, 0) is 0 Å². The van der Waals surface area contributed by atoms with Crippen LogP contribution >= 0.6 is 0 Å². The lowest BCUT2D eigenvalue weighted by Crippen LogP contribution is -2.27. The van der Waals surface area contributed by atoms with Crippen molar-refractivity contribution in [3.8, 4) is 11.5 Å². The van der Waals surface area contributed by atoms with Crippen LogP contribution in [0.3, 0.4) is 0 Å². The highest BCUT2D eigenvalue weighted by Gasteiger charge is 2.14. The molecule has 0 saturated heterocycles. The molecule has 2 aromatic rings. The zero-order chi connectivity index (χ0) is 16.1. The van der Waals surface area contributed by atoms with Crippen LogP contribution in [-0.4, -0.2) is 25.1 Å². The fourth-order valence-electron chi connectivity index (χ4n) is 2.04. The van der Waals surface area contributed by atoms with Crippen LogP contribution < -0.4 is 20.3 Å². The summed E-state index contributed by atoms with van der Waals surface area (Å²) in [6, 6.07) is 8.04. The van der Waals surface area contributed by atoms with Gasteiger partial charge in [0.25, 0.3) is 5.91 Å². The van der Waals surface area contributed by atoms with E-state index in [4.69, 9.17) is 9.47 Å². The number of aromatic amines is 1. The van der Waals surface area contributed by atoms with Crippen LogP contribution in [0.4, 0.5) is 0 Å². The monoisotopic (exact) mass is 302 g/mol. The molecule has 6 heteroatoms. The number of carbonyl (C=O) groups is 1. The third kappa shape index (κ3) is 3.46. The number of carbonyl (C=O) groups excluding carboxylic acids is 1. The maximum Gasteiger partial charge on any atom is 0.253 e. The number of amides is 1. The lowest BCUT2D eigenvalue weighted by molar-refractivity contribution is 0.0939. The summed E-state index contributed by atoms with van der Waals surface area (Å²) in [5.74, 6) is 0.967. The quantitative estimate of drug-likeness (QED) is 0.883. The van der Waals surface area contributed by atoms with Crippen LogP contribution in [0.1, 0.15) is 28.9 Å². The lowest BCUT2D eigenvalue weighted by Gasteiger charge is -2.16. The first-order chi connectivity index (χ1) is 10.5. The van der Waals surface area contributed by atoms with Gasteiger partial charge in [0.05, 0.1) is 25.8 Å². The minimum Gasteiger partial charge on any atom is -0.493 e. The molecule has 0 fully saturated rings. The summed E-state index contributed by atoms with van der Waals surface area (Å²) in [6.45, 7) is 1.87. The zero-order valence-corrected chi connectivity index (χ0v) is 12.7. The molecule has 22 heavy (non-hydrogen) atoms. The summed E-state index contributed by atoms with van der Waals surface area (Å²) in [5.41, 5.74) is 1.03. The van der Waals surface area contributed by atoms with Gasteiger partial charge >= 0.3 is 0 Å². The Morgan fingerprint density at radius 1 is 1.14 bits per heavy atom. The molecule has 0 spiro atoms. The molecule has 1 atom stereocenters. The number of pyridine rings is 1. The van der Waals surface area contributed by atoms with Crippen molar-refractivity contribution in [3.63, 3.8) is 0 Å². The molecule has 0 saturated carbocycles. The van der Waals surface area contributed by atoms with E-state index in [1.165, 1.54) is 18.3 Å². The Labute approximate surface area is 128 Å². The first-order valence-electron chi connectivity index (χ1n) is 6.76. The zero-order valence-electron chi connectivity index (χ0n) is 12.7. The van der Waals surface area contributed by atoms with Crippen molar-refractivity contribution >= 4 is 5.91 Å². The second kappa shape index (κ2) is 6.80. The number of nitrogens with one attached hydrogen (secondary N) is 2. The molecule has 0 radical (unpaired) electrons. The van der Waals surface area contributed by atoms with Crippen molar-refractivity contribution in [2.24, 2.45) is 0 Å². The van der Waals surface area contributed by atoms with Gasteiger partial charge in [-0.2, -0.15) is 0 Å². The van der Waals surface area contributed by atoms with Gasteiger partial charge < -0.3 is 19.8 Å². The Balaban J connectivity index is 2.14. The number of aromatic nitrogens is 1.